The molecule has 3 rings (SSSR count). The maximum atomic E-state index is 12.0. The van der Waals surface area contributed by atoms with Crippen molar-refractivity contribution in [1.29, 1.82) is 0 Å². The summed E-state index contributed by atoms with van der Waals surface area (Å²) < 4.78 is 10.7. The van der Waals surface area contributed by atoms with Crippen molar-refractivity contribution < 1.29 is 19.1 Å². The van der Waals surface area contributed by atoms with Crippen LogP contribution in [0.3, 0.4) is 0 Å². The quantitative estimate of drug-likeness (QED) is 0.834. The zero-order valence-electron chi connectivity index (χ0n) is 14.3. The number of hydrogen-bond acceptors (Lipinski definition) is 4. The maximum absolute atomic E-state index is 12.0. The van der Waals surface area contributed by atoms with Crippen LogP contribution in [0.5, 0.6) is 0 Å². The molecule has 1 aliphatic rings. The van der Waals surface area contributed by atoms with Gasteiger partial charge in [-0.05, 0) is 17.5 Å². The lowest BCUT2D eigenvalue weighted by atomic mass is 9.94. The Hall–Kier alpha value is -3.02. The fourth-order valence-corrected chi connectivity index (χ4v) is 3.23. The van der Waals surface area contributed by atoms with Crippen molar-refractivity contribution >= 4 is 12.2 Å². The van der Waals surface area contributed by atoms with Crippen LogP contribution in [-0.4, -0.2) is 30.4 Å². The smallest absolute Gasteiger partial charge is 0.407 e. The summed E-state index contributed by atoms with van der Waals surface area (Å²) in [4.78, 5) is 23.4. The summed E-state index contributed by atoms with van der Waals surface area (Å²) in [5.74, 6) is 0. The van der Waals surface area contributed by atoms with Gasteiger partial charge in [-0.3, -0.25) is 0 Å². The van der Waals surface area contributed by atoms with Gasteiger partial charge in [0.05, 0.1) is 0 Å². The van der Waals surface area contributed by atoms with Crippen LogP contribution in [0.25, 0.3) is 0 Å². The van der Waals surface area contributed by atoms with E-state index in [2.05, 4.69) is 5.32 Å². The summed E-state index contributed by atoms with van der Waals surface area (Å²) in [5.41, 5.74) is 7.33. The number of alkyl carbamates (subject to hydrolysis) is 1. The molecule has 3 atom stereocenters. The van der Waals surface area contributed by atoms with Gasteiger partial charge in [0.25, 0.3) is 0 Å². The van der Waals surface area contributed by atoms with E-state index in [-0.39, 0.29) is 6.04 Å². The third-order valence-corrected chi connectivity index (χ3v) is 4.38. The van der Waals surface area contributed by atoms with Crippen molar-refractivity contribution in [2.45, 2.75) is 37.5 Å². The van der Waals surface area contributed by atoms with E-state index in [1.54, 1.807) is 0 Å². The van der Waals surface area contributed by atoms with Crippen LogP contribution in [0.2, 0.25) is 0 Å². The minimum atomic E-state index is -0.875. The number of hydrogen-bond donors (Lipinski definition) is 2. The fourth-order valence-electron chi connectivity index (χ4n) is 3.23. The molecular formula is C20H22N2O4. The molecular weight excluding hydrogens is 332 g/mol. The van der Waals surface area contributed by atoms with Gasteiger partial charge in [0.1, 0.15) is 12.2 Å². The first-order chi connectivity index (χ1) is 12.6. The predicted octanol–water partition coefficient (Wildman–Crippen LogP) is 2.80. The van der Waals surface area contributed by atoms with Gasteiger partial charge in [-0.25, -0.2) is 9.59 Å². The zero-order valence-corrected chi connectivity index (χ0v) is 14.3. The number of amides is 2. The van der Waals surface area contributed by atoms with Crippen LogP contribution in [0.15, 0.2) is 60.7 Å². The molecule has 1 fully saturated rings. The number of primary amides is 1. The first-order valence-electron chi connectivity index (χ1n) is 8.61. The van der Waals surface area contributed by atoms with Crippen molar-refractivity contribution in [3.8, 4) is 0 Å². The lowest BCUT2D eigenvalue weighted by Gasteiger charge is -2.34. The maximum Gasteiger partial charge on any atom is 0.407 e. The van der Waals surface area contributed by atoms with Crippen molar-refractivity contribution in [3.63, 3.8) is 0 Å². The molecule has 0 saturated carbocycles. The molecule has 1 heterocycles. The molecule has 26 heavy (non-hydrogen) atoms. The number of rotatable bonds is 6. The second-order valence-electron chi connectivity index (χ2n) is 6.38. The van der Waals surface area contributed by atoms with Crippen molar-refractivity contribution in [1.82, 2.24) is 5.32 Å². The normalized spacial score (nSPS) is 20.5. The summed E-state index contributed by atoms with van der Waals surface area (Å²) in [6, 6.07) is 19.4. The van der Waals surface area contributed by atoms with Gasteiger partial charge in [-0.15, -0.1) is 0 Å². The van der Waals surface area contributed by atoms with E-state index in [1.807, 2.05) is 60.7 Å². The SMILES string of the molecule is NC(=O)OC(Cc1ccccc1)[C@@H]1C[C@H](Cc2ccccc2)NC(=O)O1. The van der Waals surface area contributed by atoms with E-state index >= 15 is 0 Å². The highest BCUT2D eigenvalue weighted by Crippen LogP contribution is 2.21. The Morgan fingerprint density at radius 2 is 1.73 bits per heavy atom. The number of benzene rings is 2. The van der Waals surface area contributed by atoms with Gasteiger partial charge in [-0.1, -0.05) is 60.7 Å². The molecule has 0 bridgehead atoms. The molecule has 0 aliphatic carbocycles. The second-order valence-corrected chi connectivity index (χ2v) is 6.38. The number of carbonyl (C=O) groups is 2. The van der Waals surface area contributed by atoms with Crippen LogP contribution >= 0.6 is 0 Å². The van der Waals surface area contributed by atoms with Crippen molar-refractivity contribution in [2.24, 2.45) is 5.73 Å². The molecule has 1 unspecified atom stereocenters. The Labute approximate surface area is 152 Å². The van der Waals surface area contributed by atoms with E-state index in [4.69, 9.17) is 15.2 Å². The highest BCUT2D eigenvalue weighted by molar-refractivity contribution is 5.69. The molecule has 1 aliphatic heterocycles. The van der Waals surface area contributed by atoms with E-state index in [0.717, 1.165) is 11.1 Å². The molecule has 2 amide bonds. The third-order valence-electron chi connectivity index (χ3n) is 4.38. The molecule has 0 aromatic heterocycles. The average molecular weight is 354 g/mol. The number of cyclic esters (lactones) is 1. The largest absolute Gasteiger partial charge is 0.442 e. The van der Waals surface area contributed by atoms with E-state index in [1.165, 1.54) is 0 Å². The van der Waals surface area contributed by atoms with E-state index in [9.17, 15) is 9.59 Å². The highest BCUT2D eigenvalue weighted by Gasteiger charge is 2.35. The summed E-state index contributed by atoms with van der Waals surface area (Å²) in [6.07, 6.45) is -0.912. The molecule has 1 saturated heterocycles. The Morgan fingerprint density at radius 1 is 1.12 bits per heavy atom. The lowest BCUT2D eigenvalue weighted by Crippen LogP contribution is -2.51. The van der Waals surface area contributed by atoms with Gasteiger partial charge in [0.15, 0.2) is 0 Å². The predicted molar refractivity (Wildman–Crippen MR) is 96.6 cm³/mol. The summed E-state index contributed by atoms with van der Waals surface area (Å²) >= 11 is 0. The molecule has 2 aromatic rings. The Morgan fingerprint density at radius 3 is 2.35 bits per heavy atom. The van der Waals surface area contributed by atoms with Gasteiger partial charge in [0.2, 0.25) is 0 Å². The summed E-state index contributed by atoms with van der Waals surface area (Å²) in [6.45, 7) is 0. The molecule has 3 N–H and O–H groups in total. The molecule has 0 spiro atoms. The van der Waals surface area contributed by atoms with Crippen LogP contribution < -0.4 is 11.1 Å². The number of nitrogens with one attached hydrogen (secondary N) is 1. The van der Waals surface area contributed by atoms with Crippen LogP contribution in [0.1, 0.15) is 17.5 Å². The van der Waals surface area contributed by atoms with Gasteiger partial charge in [0, 0.05) is 18.9 Å². The minimum absolute atomic E-state index is 0.0987. The lowest BCUT2D eigenvalue weighted by molar-refractivity contribution is -0.0289. The van der Waals surface area contributed by atoms with Gasteiger partial charge < -0.3 is 20.5 Å². The van der Waals surface area contributed by atoms with Crippen molar-refractivity contribution in [3.05, 3.63) is 71.8 Å². The monoisotopic (exact) mass is 354 g/mol. The molecule has 0 radical (unpaired) electrons. The molecule has 2 aromatic carbocycles. The van der Waals surface area contributed by atoms with Gasteiger partial charge in [-0.2, -0.15) is 0 Å². The van der Waals surface area contributed by atoms with Crippen molar-refractivity contribution in [2.75, 3.05) is 0 Å². The number of ether oxygens (including phenoxy) is 2. The molecule has 6 nitrogen and oxygen atoms in total. The summed E-state index contributed by atoms with van der Waals surface area (Å²) in [7, 11) is 0. The Balaban J connectivity index is 1.72. The van der Waals surface area contributed by atoms with E-state index < -0.39 is 24.4 Å². The topological polar surface area (TPSA) is 90.7 Å². The Kier molecular flexibility index (Phi) is 5.73. The second kappa shape index (κ2) is 8.38. The van der Waals surface area contributed by atoms with Crippen LogP contribution in [0, 0.1) is 0 Å². The minimum Gasteiger partial charge on any atom is -0.442 e. The van der Waals surface area contributed by atoms with Gasteiger partial charge >= 0.3 is 12.2 Å². The van der Waals surface area contributed by atoms with E-state index in [0.29, 0.717) is 19.3 Å². The first-order valence-corrected chi connectivity index (χ1v) is 8.61. The number of nitrogens with two attached hydrogens (primary N) is 1. The number of carbonyl (C=O) groups excluding carboxylic acids is 2. The van der Waals surface area contributed by atoms with Crippen LogP contribution in [0.4, 0.5) is 9.59 Å². The fraction of sp³-hybridized carbons (Fsp3) is 0.300. The average Bonchev–Trinajstić information content (AvgIpc) is 2.62. The highest BCUT2D eigenvalue weighted by atomic mass is 16.6. The zero-order chi connectivity index (χ0) is 18.4. The molecule has 6 heteroatoms. The standard InChI is InChI=1S/C20H22N2O4/c21-19(23)25-17(12-15-9-5-2-6-10-15)18-13-16(22-20(24)26-18)11-14-7-3-1-4-8-14/h1-10,16-18H,11-13H2,(H2,21,23)(H,22,24)/t16-,17?,18-/m0/s1. The first kappa shape index (κ1) is 17.8. The Bertz CT molecular complexity index is 736. The van der Waals surface area contributed by atoms with Crippen LogP contribution in [-0.2, 0) is 22.3 Å². The molecule has 136 valence electrons. The summed E-state index contributed by atoms with van der Waals surface area (Å²) in [5, 5.41) is 2.83. The third kappa shape index (κ3) is 4.99.